The molecule has 3 aromatic rings. The van der Waals surface area contributed by atoms with Crippen LogP contribution in [0.2, 0.25) is 0 Å². The van der Waals surface area contributed by atoms with Gasteiger partial charge in [-0.15, -0.1) is 4.68 Å². The van der Waals surface area contributed by atoms with Crippen LogP contribution in [-0.2, 0) is 0 Å². The summed E-state index contributed by atoms with van der Waals surface area (Å²) in [6, 6.07) is 7.28. The molecule has 0 spiro atoms. The second-order valence-electron chi connectivity index (χ2n) is 5.43. The molecule has 0 aliphatic rings. The number of nitro benzene ring substituents is 1. The summed E-state index contributed by atoms with van der Waals surface area (Å²) >= 11 is 0. The van der Waals surface area contributed by atoms with Crippen molar-refractivity contribution < 1.29 is 18.5 Å². The predicted molar refractivity (Wildman–Crippen MR) is 92.4 cm³/mol. The van der Waals surface area contributed by atoms with E-state index in [9.17, 15) is 28.5 Å². The fourth-order valence-electron chi connectivity index (χ4n) is 2.57. The van der Waals surface area contributed by atoms with E-state index in [-0.39, 0.29) is 22.6 Å². The molecule has 28 heavy (non-hydrogen) atoms. The smallest absolute Gasteiger partial charge is 0.286 e. The minimum Gasteiger partial charge on any atom is -0.286 e. The molecular weight excluding hydrogens is 378 g/mol. The zero-order valence-electron chi connectivity index (χ0n) is 14.3. The molecule has 0 saturated heterocycles. The number of hydrogen-bond acceptors (Lipinski definition) is 6. The van der Waals surface area contributed by atoms with E-state index in [1.165, 1.54) is 31.2 Å². The van der Waals surface area contributed by atoms with Gasteiger partial charge >= 0.3 is 11.7 Å². The first-order chi connectivity index (χ1) is 13.4. The molecule has 1 aromatic heterocycles. The third-order valence-corrected chi connectivity index (χ3v) is 3.83. The molecule has 0 unspecified atom stereocenters. The van der Waals surface area contributed by atoms with E-state index in [2.05, 4.69) is 10.4 Å². The second kappa shape index (κ2) is 7.34. The molecule has 0 radical (unpaired) electrons. The number of nitro groups is 1. The van der Waals surface area contributed by atoms with Crippen molar-refractivity contribution in [3.05, 3.63) is 74.7 Å². The largest absolute Gasteiger partial charge is 0.377 e. The van der Waals surface area contributed by atoms with Gasteiger partial charge in [0.05, 0.1) is 4.92 Å². The lowest BCUT2D eigenvalue weighted by Crippen LogP contribution is -2.41. The van der Waals surface area contributed by atoms with Crippen LogP contribution in [0.3, 0.4) is 0 Å². The number of nitrogens with zero attached hydrogens (tertiary/aromatic N) is 6. The van der Waals surface area contributed by atoms with Crippen LogP contribution in [0.5, 0.6) is 0 Å². The van der Waals surface area contributed by atoms with E-state index < -0.39 is 34.0 Å². The van der Waals surface area contributed by atoms with Gasteiger partial charge < -0.3 is 0 Å². The Morgan fingerprint density at radius 1 is 1.14 bits per heavy atom. The number of hydrogen-bond donors (Lipinski definition) is 0. The van der Waals surface area contributed by atoms with Gasteiger partial charge in [0.15, 0.2) is 11.6 Å². The van der Waals surface area contributed by atoms with Crippen LogP contribution in [0.4, 0.5) is 25.0 Å². The third-order valence-electron chi connectivity index (χ3n) is 3.83. The molecule has 3 rings (SSSR count). The van der Waals surface area contributed by atoms with E-state index in [4.69, 9.17) is 0 Å². The van der Waals surface area contributed by atoms with Crippen molar-refractivity contribution >= 4 is 17.4 Å². The number of para-hydroxylation sites is 3. The van der Waals surface area contributed by atoms with Crippen molar-refractivity contribution in [2.75, 3.05) is 11.4 Å². The van der Waals surface area contributed by atoms with Crippen molar-refractivity contribution in [1.82, 2.24) is 19.8 Å². The number of anilines is 1. The Labute approximate surface area is 155 Å². The zero-order valence-corrected chi connectivity index (χ0v) is 14.3. The quantitative estimate of drug-likeness (QED) is 0.383. The van der Waals surface area contributed by atoms with Gasteiger partial charge in [-0.3, -0.25) is 15.0 Å². The molecule has 0 fully saturated rings. The Hall–Kier alpha value is -3.96. The van der Waals surface area contributed by atoms with E-state index >= 15 is 0 Å². The molecule has 1 amide bonds. The van der Waals surface area contributed by atoms with Gasteiger partial charge in [-0.1, -0.05) is 18.2 Å². The van der Waals surface area contributed by atoms with Crippen molar-refractivity contribution in [3.8, 4) is 5.69 Å². The Morgan fingerprint density at radius 2 is 1.79 bits per heavy atom. The lowest BCUT2D eigenvalue weighted by atomic mass is 10.2. The van der Waals surface area contributed by atoms with E-state index in [0.29, 0.717) is 4.68 Å². The van der Waals surface area contributed by atoms with Gasteiger partial charge in [0, 0.05) is 12.6 Å². The normalized spacial score (nSPS) is 10.7. The highest BCUT2D eigenvalue weighted by molar-refractivity contribution is 5.95. The number of aromatic nitrogens is 4. The molecule has 144 valence electrons. The molecular formula is C16H12F2N6O4. The molecule has 2 aromatic carbocycles. The van der Waals surface area contributed by atoms with Crippen LogP contribution in [0, 0.1) is 21.7 Å². The summed E-state index contributed by atoms with van der Waals surface area (Å²) in [4.78, 5) is 36.7. The first-order valence-electron chi connectivity index (χ1n) is 7.91. The first-order valence-corrected chi connectivity index (χ1v) is 7.91. The highest BCUT2D eigenvalue weighted by Gasteiger charge is 2.28. The minimum absolute atomic E-state index is 0.0446. The Kier molecular flexibility index (Phi) is 4.94. The number of carbonyl (C=O) groups excluding carboxylic acids is 1. The van der Waals surface area contributed by atoms with Gasteiger partial charge in [-0.2, -0.15) is 4.68 Å². The number of halogens is 2. The average molecular weight is 390 g/mol. The van der Waals surface area contributed by atoms with Gasteiger partial charge in [-0.05, 0) is 35.5 Å². The van der Waals surface area contributed by atoms with Crippen LogP contribution in [0.25, 0.3) is 5.69 Å². The van der Waals surface area contributed by atoms with Crippen molar-refractivity contribution in [1.29, 1.82) is 0 Å². The summed E-state index contributed by atoms with van der Waals surface area (Å²) in [5.74, 6) is -2.15. The zero-order chi connectivity index (χ0) is 20.4. The highest BCUT2D eigenvalue weighted by Crippen LogP contribution is 2.27. The Morgan fingerprint density at radius 3 is 2.39 bits per heavy atom. The lowest BCUT2D eigenvalue weighted by molar-refractivity contribution is -0.384. The molecule has 0 saturated carbocycles. The van der Waals surface area contributed by atoms with Crippen molar-refractivity contribution in [2.45, 2.75) is 6.92 Å². The Balaban J connectivity index is 2.08. The molecule has 0 aliphatic carbocycles. The highest BCUT2D eigenvalue weighted by atomic mass is 19.1. The molecule has 0 aliphatic heterocycles. The maximum atomic E-state index is 13.9. The molecule has 0 bridgehead atoms. The predicted octanol–water partition coefficient (Wildman–Crippen LogP) is 2.11. The molecule has 10 nitrogen and oxygen atoms in total. The Bertz CT molecular complexity index is 1110. The van der Waals surface area contributed by atoms with Crippen LogP contribution in [-0.4, -0.2) is 37.3 Å². The number of rotatable bonds is 4. The first kappa shape index (κ1) is 18.8. The van der Waals surface area contributed by atoms with Gasteiger partial charge in [0.25, 0.3) is 5.69 Å². The van der Waals surface area contributed by atoms with Crippen LogP contribution in [0.1, 0.15) is 6.92 Å². The van der Waals surface area contributed by atoms with Gasteiger partial charge in [0.1, 0.15) is 11.4 Å². The maximum absolute atomic E-state index is 13.9. The molecule has 0 N–H and O–H groups in total. The summed E-state index contributed by atoms with van der Waals surface area (Å²) in [5.41, 5.74) is -2.46. The van der Waals surface area contributed by atoms with Crippen LogP contribution >= 0.6 is 0 Å². The van der Waals surface area contributed by atoms with Crippen molar-refractivity contribution in [2.24, 2.45) is 0 Å². The second-order valence-corrected chi connectivity index (χ2v) is 5.43. The molecule has 1 heterocycles. The standard InChI is InChI=1S/C16H12F2N6O4/c1-2-21(12-8-3-4-9-13(12)24(27)28)15(25)23-16(26)22(19-20-23)14-10(17)6-5-7-11(14)18/h3-9H,2H2,1H3. The minimum atomic E-state index is -1.23. The summed E-state index contributed by atoms with van der Waals surface area (Å²) in [5, 5.41) is 17.9. The fraction of sp³-hybridized carbons (Fsp3) is 0.125. The monoisotopic (exact) mass is 390 g/mol. The molecule has 12 heteroatoms. The van der Waals surface area contributed by atoms with Crippen LogP contribution < -0.4 is 10.6 Å². The van der Waals surface area contributed by atoms with E-state index in [1.54, 1.807) is 0 Å². The number of amides is 1. The number of carbonyl (C=O) groups is 1. The maximum Gasteiger partial charge on any atom is 0.377 e. The topological polar surface area (TPSA) is 116 Å². The molecule has 0 atom stereocenters. The fourth-order valence-corrected chi connectivity index (χ4v) is 2.57. The van der Waals surface area contributed by atoms with E-state index in [0.717, 1.165) is 23.1 Å². The number of benzene rings is 2. The third kappa shape index (κ3) is 3.11. The van der Waals surface area contributed by atoms with Crippen LogP contribution in [0.15, 0.2) is 47.3 Å². The summed E-state index contributed by atoms with van der Waals surface area (Å²) in [6.45, 7) is 1.48. The van der Waals surface area contributed by atoms with Gasteiger partial charge in [0.2, 0.25) is 0 Å². The van der Waals surface area contributed by atoms with Crippen molar-refractivity contribution in [3.63, 3.8) is 0 Å². The summed E-state index contributed by atoms with van der Waals surface area (Å²) < 4.78 is 28.4. The number of tetrazole rings is 1. The SMILES string of the molecule is CCN(C(=O)n1nnn(-c2c(F)cccc2F)c1=O)c1ccccc1[N+](=O)[O-]. The summed E-state index contributed by atoms with van der Waals surface area (Å²) in [6.07, 6.45) is 0. The average Bonchev–Trinajstić information content (AvgIpc) is 3.03. The lowest BCUT2D eigenvalue weighted by Gasteiger charge is -2.19. The van der Waals surface area contributed by atoms with E-state index in [1.807, 2.05) is 0 Å². The van der Waals surface area contributed by atoms with Gasteiger partial charge in [-0.25, -0.2) is 18.4 Å². The summed E-state index contributed by atoms with van der Waals surface area (Å²) in [7, 11) is 0.